The molecule has 0 bridgehead atoms. The molecule has 5 heteroatoms. The molecule has 17 heavy (non-hydrogen) atoms. The first-order valence-corrected chi connectivity index (χ1v) is 6.34. The number of likely N-dealkylation sites (N-methyl/N-ethyl adjacent to an activating group) is 1. The Bertz CT molecular complexity index is 330. The van der Waals surface area contributed by atoms with E-state index < -0.39 is 0 Å². The lowest BCUT2D eigenvalue weighted by Crippen LogP contribution is -3.12. The monoisotopic (exact) mass is 297 g/mol. The van der Waals surface area contributed by atoms with Crippen LogP contribution in [-0.2, 0) is 0 Å². The Labute approximate surface area is 119 Å². The SMILES string of the molecule is CC[NH+](CC)CCOc1ccc(Cl)cc1Cl.[Cl-]. The summed E-state index contributed by atoms with van der Waals surface area (Å²) in [6, 6.07) is 5.29. The third kappa shape index (κ3) is 5.82. The van der Waals surface area contributed by atoms with E-state index in [4.69, 9.17) is 27.9 Å². The highest BCUT2D eigenvalue weighted by Gasteiger charge is 2.05. The molecule has 1 rings (SSSR count). The zero-order valence-electron chi connectivity index (χ0n) is 10.1. The molecule has 0 unspecified atom stereocenters. The summed E-state index contributed by atoms with van der Waals surface area (Å²) in [6.45, 7) is 8.26. The van der Waals surface area contributed by atoms with Gasteiger partial charge in [-0.05, 0) is 32.0 Å². The van der Waals surface area contributed by atoms with Crippen LogP contribution in [0.1, 0.15) is 13.8 Å². The molecule has 0 aliphatic carbocycles. The van der Waals surface area contributed by atoms with Crippen LogP contribution in [0.3, 0.4) is 0 Å². The lowest BCUT2D eigenvalue weighted by atomic mass is 10.3. The lowest BCUT2D eigenvalue weighted by Gasteiger charge is -2.15. The first kappa shape index (κ1) is 16.9. The van der Waals surface area contributed by atoms with Crippen LogP contribution < -0.4 is 22.0 Å². The average Bonchev–Trinajstić information content (AvgIpc) is 2.27. The number of rotatable bonds is 6. The second-order valence-corrected chi connectivity index (χ2v) is 4.47. The van der Waals surface area contributed by atoms with E-state index in [2.05, 4.69) is 13.8 Å². The summed E-state index contributed by atoms with van der Waals surface area (Å²) in [5.74, 6) is 0.706. The highest BCUT2D eigenvalue weighted by molar-refractivity contribution is 6.35. The Balaban J connectivity index is 0.00000256. The van der Waals surface area contributed by atoms with Crippen molar-refractivity contribution in [3.8, 4) is 5.75 Å². The van der Waals surface area contributed by atoms with Gasteiger partial charge in [0.2, 0.25) is 0 Å². The zero-order chi connectivity index (χ0) is 12.0. The Morgan fingerprint density at radius 2 is 1.82 bits per heavy atom. The molecule has 0 amide bonds. The van der Waals surface area contributed by atoms with E-state index in [0.717, 1.165) is 19.6 Å². The zero-order valence-corrected chi connectivity index (χ0v) is 12.4. The van der Waals surface area contributed by atoms with E-state index in [1.54, 1.807) is 12.1 Å². The molecule has 0 heterocycles. The van der Waals surface area contributed by atoms with Gasteiger partial charge in [0.1, 0.15) is 18.9 Å². The molecular weight excluding hydrogens is 280 g/mol. The summed E-state index contributed by atoms with van der Waals surface area (Å²) in [6.07, 6.45) is 0. The van der Waals surface area contributed by atoms with Gasteiger partial charge in [0, 0.05) is 5.02 Å². The van der Waals surface area contributed by atoms with Crippen LogP contribution in [0.4, 0.5) is 0 Å². The molecule has 0 radical (unpaired) electrons. The van der Waals surface area contributed by atoms with Crippen molar-refractivity contribution in [1.82, 2.24) is 0 Å². The van der Waals surface area contributed by atoms with E-state index in [1.807, 2.05) is 6.07 Å². The van der Waals surface area contributed by atoms with Crippen molar-refractivity contribution in [2.45, 2.75) is 13.8 Å². The fourth-order valence-electron chi connectivity index (χ4n) is 1.50. The molecule has 98 valence electrons. The van der Waals surface area contributed by atoms with Gasteiger partial charge in [0.15, 0.2) is 0 Å². The fourth-order valence-corrected chi connectivity index (χ4v) is 1.96. The molecule has 0 atom stereocenters. The van der Waals surface area contributed by atoms with Crippen LogP contribution in [0, 0.1) is 0 Å². The Morgan fingerprint density at radius 1 is 1.18 bits per heavy atom. The molecule has 0 saturated carbocycles. The van der Waals surface area contributed by atoms with Crippen LogP contribution in [-0.4, -0.2) is 26.2 Å². The van der Waals surface area contributed by atoms with E-state index in [1.165, 1.54) is 4.90 Å². The summed E-state index contributed by atoms with van der Waals surface area (Å²) >= 11 is 11.8. The molecule has 0 aliphatic heterocycles. The van der Waals surface area contributed by atoms with Crippen molar-refractivity contribution in [2.75, 3.05) is 26.2 Å². The molecule has 1 aromatic carbocycles. The molecule has 0 saturated heterocycles. The van der Waals surface area contributed by atoms with E-state index in [-0.39, 0.29) is 12.4 Å². The van der Waals surface area contributed by atoms with E-state index >= 15 is 0 Å². The summed E-state index contributed by atoms with van der Waals surface area (Å²) < 4.78 is 5.61. The maximum absolute atomic E-state index is 6.00. The van der Waals surface area contributed by atoms with Gasteiger partial charge in [-0.1, -0.05) is 23.2 Å². The number of quaternary nitrogens is 1. The van der Waals surface area contributed by atoms with E-state index in [0.29, 0.717) is 22.4 Å². The van der Waals surface area contributed by atoms with Gasteiger partial charge in [-0.2, -0.15) is 0 Å². The van der Waals surface area contributed by atoms with Crippen LogP contribution in [0.2, 0.25) is 10.0 Å². The molecule has 0 aliphatic rings. The molecule has 1 aromatic rings. The summed E-state index contributed by atoms with van der Waals surface area (Å²) in [4.78, 5) is 1.52. The first-order chi connectivity index (χ1) is 7.67. The third-order valence-electron chi connectivity index (χ3n) is 2.61. The second kappa shape index (κ2) is 8.87. The minimum absolute atomic E-state index is 0. The minimum Gasteiger partial charge on any atom is -1.00 e. The van der Waals surface area contributed by atoms with Gasteiger partial charge in [0.25, 0.3) is 0 Å². The third-order valence-corrected chi connectivity index (χ3v) is 3.14. The highest BCUT2D eigenvalue weighted by Crippen LogP contribution is 2.27. The number of ether oxygens (including phenoxy) is 1. The van der Waals surface area contributed by atoms with Gasteiger partial charge in [-0.3, -0.25) is 0 Å². The lowest BCUT2D eigenvalue weighted by molar-refractivity contribution is -0.896. The number of hydrogen-bond donors (Lipinski definition) is 1. The predicted octanol–water partition coefficient (Wildman–Crippen LogP) is -0.699. The van der Waals surface area contributed by atoms with Crippen LogP contribution in [0.5, 0.6) is 5.75 Å². The van der Waals surface area contributed by atoms with Crippen molar-refractivity contribution in [2.24, 2.45) is 0 Å². The number of hydrogen-bond acceptors (Lipinski definition) is 1. The second-order valence-electron chi connectivity index (χ2n) is 3.63. The molecule has 0 aromatic heterocycles. The van der Waals surface area contributed by atoms with Crippen molar-refractivity contribution >= 4 is 23.2 Å². The topological polar surface area (TPSA) is 13.7 Å². The largest absolute Gasteiger partial charge is 1.00 e. The normalized spacial score (nSPS) is 10.2. The van der Waals surface area contributed by atoms with Crippen LogP contribution in [0.15, 0.2) is 18.2 Å². The predicted molar refractivity (Wildman–Crippen MR) is 68.9 cm³/mol. The van der Waals surface area contributed by atoms with Gasteiger partial charge >= 0.3 is 0 Å². The summed E-state index contributed by atoms with van der Waals surface area (Å²) in [5.41, 5.74) is 0. The summed E-state index contributed by atoms with van der Waals surface area (Å²) in [5, 5.41) is 1.20. The minimum atomic E-state index is 0. The van der Waals surface area contributed by atoms with Gasteiger partial charge < -0.3 is 22.0 Å². The fraction of sp³-hybridized carbons (Fsp3) is 0.500. The van der Waals surface area contributed by atoms with Crippen LogP contribution >= 0.6 is 23.2 Å². The Morgan fingerprint density at radius 3 is 2.35 bits per heavy atom. The molecule has 1 N–H and O–H groups in total. The smallest absolute Gasteiger partial charge is 0.138 e. The highest BCUT2D eigenvalue weighted by atomic mass is 35.5. The van der Waals surface area contributed by atoms with Crippen molar-refractivity contribution in [1.29, 1.82) is 0 Å². The van der Waals surface area contributed by atoms with Crippen molar-refractivity contribution in [3.05, 3.63) is 28.2 Å². The van der Waals surface area contributed by atoms with Crippen molar-refractivity contribution < 1.29 is 22.0 Å². The number of halogens is 3. The number of nitrogens with one attached hydrogen (secondary N) is 1. The average molecular weight is 299 g/mol. The Hall–Kier alpha value is -0.150. The quantitative estimate of drug-likeness (QED) is 0.733. The number of benzene rings is 1. The summed E-state index contributed by atoms with van der Waals surface area (Å²) in [7, 11) is 0. The van der Waals surface area contributed by atoms with Gasteiger partial charge in [0.05, 0.1) is 18.1 Å². The standard InChI is InChI=1S/C12H17Cl2NO.ClH/c1-3-15(4-2)7-8-16-12-6-5-10(13)9-11(12)14;/h5-6,9H,3-4,7-8H2,1-2H3;1H. The maximum Gasteiger partial charge on any atom is 0.138 e. The van der Waals surface area contributed by atoms with Crippen LogP contribution in [0.25, 0.3) is 0 Å². The van der Waals surface area contributed by atoms with E-state index in [9.17, 15) is 0 Å². The Kier molecular flexibility index (Phi) is 8.79. The molecule has 2 nitrogen and oxygen atoms in total. The molecule has 0 spiro atoms. The molecular formula is C12H18Cl3NO. The van der Waals surface area contributed by atoms with Crippen molar-refractivity contribution in [3.63, 3.8) is 0 Å². The first-order valence-electron chi connectivity index (χ1n) is 5.58. The molecule has 0 fully saturated rings. The van der Waals surface area contributed by atoms with Gasteiger partial charge in [-0.15, -0.1) is 0 Å². The van der Waals surface area contributed by atoms with Gasteiger partial charge in [-0.25, -0.2) is 0 Å². The maximum atomic E-state index is 6.00.